The molecule has 6 heteroatoms. The smallest absolute Gasteiger partial charge is 0.251 e. The summed E-state index contributed by atoms with van der Waals surface area (Å²) in [6.45, 7) is 2.24. The molecule has 4 aromatic rings. The van der Waals surface area contributed by atoms with Gasteiger partial charge in [0.25, 0.3) is 5.91 Å². The Hall–Kier alpha value is -3.15. The maximum Gasteiger partial charge on any atom is 0.251 e. The van der Waals surface area contributed by atoms with E-state index in [-0.39, 0.29) is 5.91 Å². The van der Waals surface area contributed by atoms with Crippen LogP contribution in [0.2, 0.25) is 0 Å². The first kappa shape index (κ1) is 13.5. The maximum absolute atomic E-state index is 12.3. The summed E-state index contributed by atoms with van der Waals surface area (Å²) in [6, 6.07) is 11.1. The predicted octanol–water partition coefficient (Wildman–Crippen LogP) is 2.94. The van der Waals surface area contributed by atoms with Crippen molar-refractivity contribution in [3.05, 3.63) is 59.7 Å². The summed E-state index contributed by atoms with van der Waals surface area (Å²) >= 11 is 0. The Kier molecular flexibility index (Phi) is 3.08. The molecule has 0 bridgehead atoms. The third kappa shape index (κ3) is 2.55. The van der Waals surface area contributed by atoms with Gasteiger partial charge in [-0.1, -0.05) is 6.07 Å². The van der Waals surface area contributed by atoms with E-state index in [0.29, 0.717) is 18.0 Å². The molecular weight excluding hydrogens is 292 g/mol. The molecule has 2 N–H and O–H groups in total. The summed E-state index contributed by atoms with van der Waals surface area (Å²) in [4.78, 5) is 23.7. The van der Waals surface area contributed by atoms with Crippen LogP contribution in [0.3, 0.4) is 0 Å². The number of H-pyrrole nitrogens is 1. The number of oxazole rings is 1. The Labute approximate surface area is 131 Å². The number of amides is 1. The zero-order valence-electron chi connectivity index (χ0n) is 12.5. The van der Waals surface area contributed by atoms with Crippen LogP contribution in [0.15, 0.2) is 47.1 Å². The number of aromatic amines is 1. The quantitative estimate of drug-likeness (QED) is 0.609. The van der Waals surface area contributed by atoms with Crippen molar-refractivity contribution >= 4 is 28.0 Å². The second-order valence-corrected chi connectivity index (χ2v) is 5.35. The number of hydrogen-bond donors (Lipinski definition) is 2. The third-order valence-corrected chi connectivity index (χ3v) is 3.70. The number of aromatic nitrogens is 3. The van der Waals surface area contributed by atoms with E-state index >= 15 is 0 Å². The van der Waals surface area contributed by atoms with Crippen LogP contribution >= 0.6 is 0 Å². The van der Waals surface area contributed by atoms with E-state index in [2.05, 4.69) is 20.3 Å². The molecule has 0 saturated heterocycles. The normalized spacial score (nSPS) is 11.2. The molecule has 2 aromatic heterocycles. The van der Waals surface area contributed by atoms with Crippen LogP contribution in [-0.4, -0.2) is 20.9 Å². The fraction of sp³-hybridized carbons (Fsp3) is 0.118. The first-order chi connectivity index (χ1) is 11.2. The molecule has 0 radical (unpaired) electrons. The molecule has 6 nitrogen and oxygen atoms in total. The molecule has 2 aromatic carbocycles. The second kappa shape index (κ2) is 5.24. The summed E-state index contributed by atoms with van der Waals surface area (Å²) in [5.41, 5.74) is 4.79. The highest BCUT2D eigenvalue weighted by atomic mass is 16.3. The number of fused-ring (bicyclic) bond motifs is 2. The van der Waals surface area contributed by atoms with Gasteiger partial charge in [0.15, 0.2) is 11.5 Å². The predicted molar refractivity (Wildman–Crippen MR) is 86.0 cm³/mol. The minimum Gasteiger partial charge on any atom is -0.441 e. The molecule has 0 fully saturated rings. The standard InChI is InChI=1S/C17H14N4O2/c1-10-21-14-4-2-11(6-16(14)23-10)8-18-17(22)12-3-5-13-15(7-12)20-9-19-13/h2-7,9H,8H2,1H3,(H,18,22)(H,19,20). The minimum atomic E-state index is -0.129. The van der Waals surface area contributed by atoms with E-state index in [4.69, 9.17) is 4.42 Å². The van der Waals surface area contributed by atoms with Crippen molar-refractivity contribution < 1.29 is 9.21 Å². The van der Waals surface area contributed by atoms with E-state index in [1.807, 2.05) is 31.2 Å². The van der Waals surface area contributed by atoms with Crippen LogP contribution < -0.4 is 5.32 Å². The molecule has 4 rings (SSSR count). The highest BCUT2D eigenvalue weighted by Crippen LogP contribution is 2.17. The molecule has 0 aliphatic rings. The highest BCUT2D eigenvalue weighted by Gasteiger charge is 2.08. The molecular formula is C17H14N4O2. The van der Waals surface area contributed by atoms with Gasteiger partial charge >= 0.3 is 0 Å². The van der Waals surface area contributed by atoms with Gasteiger partial charge in [0.05, 0.1) is 17.4 Å². The lowest BCUT2D eigenvalue weighted by Crippen LogP contribution is -2.22. The average Bonchev–Trinajstić information content (AvgIpc) is 3.16. The summed E-state index contributed by atoms with van der Waals surface area (Å²) in [6.07, 6.45) is 1.61. The molecule has 114 valence electrons. The summed E-state index contributed by atoms with van der Waals surface area (Å²) in [5, 5.41) is 2.91. The lowest BCUT2D eigenvalue weighted by atomic mass is 10.1. The van der Waals surface area contributed by atoms with Gasteiger partial charge in [0.2, 0.25) is 0 Å². The average molecular weight is 306 g/mol. The molecule has 0 aliphatic carbocycles. The largest absolute Gasteiger partial charge is 0.441 e. The Morgan fingerprint density at radius 3 is 3.00 bits per heavy atom. The van der Waals surface area contributed by atoms with Crippen molar-refractivity contribution in [2.24, 2.45) is 0 Å². The molecule has 0 saturated carbocycles. The molecule has 0 unspecified atom stereocenters. The number of aryl methyl sites for hydroxylation is 1. The minimum absolute atomic E-state index is 0.129. The van der Waals surface area contributed by atoms with Gasteiger partial charge in [0, 0.05) is 19.0 Å². The summed E-state index contributed by atoms with van der Waals surface area (Å²) < 4.78 is 5.50. The van der Waals surface area contributed by atoms with Gasteiger partial charge in [-0.05, 0) is 35.9 Å². The van der Waals surface area contributed by atoms with Gasteiger partial charge in [-0.25, -0.2) is 9.97 Å². The van der Waals surface area contributed by atoms with Gasteiger partial charge in [0.1, 0.15) is 5.52 Å². The van der Waals surface area contributed by atoms with Crippen LogP contribution in [0.1, 0.15) is 21.8 Å². The van der Waals surface area contributed by atoms with Gasteiger partial charge in [-0.2, -0.15) is 0 Å². The Morgan fingerprint density at radius 1 is 1.22 bits per heavy atom. The van der Waals surface area contributed by atoms with Crippen molar-refractivity contribution in [3.8, 4) is 0 Å². The fourth-order valence-corrected chi connectivity index (χ4v) is 2.56. The van der Waals surface area contributed by atoms with E-state index in [1.165, 1.54) is 0 Å². The van der Waals surface area contributed by atoms with Crippen LogP contribution in [0.4, 0.5) is 0 Å². The number of imidazole rings is 1. The molecule has 0 aliphatic heterocycles. The Bertz CT molecular complexity index is 1020. The zero-order chi connectivity index (χ0) is 15.8. The molecule has 1 amide bonds. The molecule has 0 atom stereocenters. The van der Waals surface area contributed by atoms with Crippen molar-refractivity contribution in [3.63, 3.8) is 0 Å². The van der Waals surface area contributed by atoms with E-state index in [9.17, 15) is 4.79 Å². The van der Waals surface area contributed by atoms with E-state index < -0.39 is 0 Å². The van der Waals surface area contributed by atoms with Crippen molar-refractivity contribution in [1.82, 2.24) is 20.3 Å². The van der Waals surface area contributed by atoms with Gasteiger partial charge in [-0.3, -0.25) is 4.79 Å². The van der Waals surface area contributed by atoms with Crippen molar-refractivity contribution in [2.75, 3.05) is 0 Å². The zero-order valence-corrected chi connectivity index (χ0v) is 12.5. The second-order valence-electron chi connectivity index (χ2n) is 5.35. The number of benzene rings is 2. The summed E-state index contributed by atoms with van der Waals surface area (Å²) in [7, 11) is 0. The van der Waals surface area contributed by atoms with Gasteiger partial charge < -0.3 is 14.7 Å². The van der Waals surface area contributed by atoms with E-state index in [0.717, 1.165) is 27.7 Å². The third-order valence-electron chi connectivity index (χ3n) is 3.70. The summed E-state index contributed by atoms with van der Waals surface area (Å²) in [5.74, 6) is 0.504. The number of carbonyl (C=O) groups is 1. The molecule has 0 spiro atoms. The lowest BCUT2D eigenvalue weighted by Gasteiger charge is -2.05. The number of rotatable bonds is 3. The van der Waals surface area contributed by atoms with Crippen molar-refractivity contribution in [2.45, 2.75) is 13.5 Å². The SMILES string of the molecule is Cc1nc2ccc(CNC(=O)c3ccc4nc[nH]c4c3)cc2o1. The number of nitrogens with one attached hydrogen (secondary N) is 2. The number of carbonyl (C=O) groups excluding carboxylic acids is 1. The number of hydrogen-bond acceptors (Lipinski definition) is 4. The van der Waals surface area contributed by atoms with Crippen molar-refractivity contribution in [1.29, 1.82) is 0 Å². The number of nitrogens with zero attached hydrogens (tertiary/aromatic N) is 2. The first-order valence-corrected chi connectivity index (χ1v) is 7.26. The maximum atomic E-state index is 12.3. The Balaban J connectivity index is 1.51. The lowest BCUT2D eigenvalue weighted by molar-refractivity contribution is 0.0951. The highest BCUT2D eigenvalue weighted by molar-refractivity contribution is 5.97. The molecule has 23 heavy (non-hydrogen) atoms. The fourth-order valence-electron chi connectivity index (χ4n) is 2.56. The monoisotopic (exact) mass is 306 g/mol. The first-order valence-electron chi connectivity index (χ1n) is 7.26. The van der Waals surface area contributed by atoms with Gasteiger partial charge in [-0.15, -0.1) is 0 Å². The van der Waals surface area contributed by atoms with Crippen LogP contribution in [0.5, 0.6) is 0 Å². The van der Waals surface area contributed by atoms with Crippen LogP contribution in [-0.2, 0) is 6.54 Å². The topological polar surface area (TPSA) is 83.8 Å². The van der Waals surface area contributed by atoms with E-state index in [1.54, 1.807) is 18.5 Å². The molecule has 2 heterocycles. The van der Waals surface area contributed by atoms with Crippen LogP contribution in [0.25, 0.3) is 22.1 Å². The Morgan fingerprint density at radius 2 is 2.09 bits per heavy atom. The van der Waals surface area contributed by atoms with Crippen LogP contribution in [0, 0.1) is 6.92 Å².